The Morgan fingerprint density at radius 2 is 1.68 bits per heavy atom. The van der Waals surface area contributed by atoms with Crippen LogP contribution in [0, 0.1) is 4.91 Å². The van der Waals surface area contributed by atoms with Gasteiger partial charge in [-0.2, -0.15) is 0 Å². The number of benzene rings is 2. The molecular formula is C23H27NO7. The number of nitrogens with zero attached hydrogens (tertiary/aromatic N) is 1. The Morgan fingerprint density at radius 1 is 0.968 bits per heavy atom. The largest absolute Gasteiger partial charge is 0.494 e. The zero-order valence-electron chi connectivity index (χ0n) is 18.2. The van der Waals surface area contributed by atoms with Crippen molar-refractivity contribution in [1.82, 2.24) is 0 Å². The fourth-order valence-electron chi connectivity index (χ4n) is 3.37. The van der Waals surface area contributed by atoms with Crippen LogP contribution in [0.4, 0.5) is 5.69 Å². The van der Waals surface area contributed by atoms with Crippen molar-refractivity contribution in [2.75, 3.05) is 35.0 Å². The smallest absolute Gasteiger partial charge is 0.203 e. The van der Waals surface area contributed by atoms with Gasteiger partial charge >= 0.3 is 0 Å². The Labute approximate surface area is 181 Å². The number of hydrogen-bond donors (Lipinski definition) is 0. The molecule has 166 valence electrons. The minimum atomic E-state index is -0.374. The summed E-state index contributed by atoms with van der Waals surface area (Å²) < 4.78 is 33.6. The second kappa shape index (κ2) is 10.7. The highest BCUT2D eigenvalue weighted by Gasteiger charge is 2.21. The second-order valence-electron chi connectivity index (χ2n) is 6.86. The van der Waals surface area contributed by atoms with Crippen LogP contribution in [0.3, 0.4) is 0 Å². The lowest BCUT2D eigenvalue weighted by atomic mass is 10.1. The van der Waals surface area contributed by atoms with Gasteiger partial charge in [-0.3, -0.25) is 0 Å². The summed E-state index contributed by atoms with van der Waals surface area (Å²) in [6.07, 6.45) is 4.25. The molecule has 0 saturated carbocycles. The third-order valence-corrected chi connectivity index (χ3v) is 4.94. The molecule has 1 aliphatic rings. The zero-order chi connectivity index (χ0) is 22.2. The highest BCUT2D eigenvalue weighted by molar-refractivity contribution is 5.80. The van der Waals surface area contributed by atoms with Gasteiger partial charge in [0.2, 0.25) is 5.75 Å². The van der Waals surface area contributed by atoms with Gasteiger partial charge in [0, 0.05) is 12.0 Å². The quantitative estimate of drug-likeness (QED) is 0.309. The average molecular weight is 429 g/mol. The Balaban J connectivity index is 2.08. The van der Waals surface area contributed by atoms with Gasteiger partial charge in [-0.05, 0) is 53.9 Å². The van der Waals surface area contributed by atoms with E-state index in [9.17, 15) is 4.91 Å². The molecule has 0 aromatic heterocycles. The van der Waals surface area contributed by atoms with Gasteiger partial charge in [-0.15, -0.1) is 4.91 Å². The topological polar surface area (TPSA) is 84.8 Å². The van der Waals surface area contributed by atoms with Crippen LogP contribution < -0.4 is 18.9 Å². The first-order chi connectivity index (χ1) is 15.1. The maximum atomic E-state index is 11.2. The van der Waals surface area contributed by atoms with Gasteiger partial charge in [-0.25, -0.2) is 0 Å². The summed E-state index contributed by atoms with van der Waals surface area (Å²) in [7, 11) is 6.15. The van der Waals surface area contributed by atoms with Crippen LogP contribution in [0.5, 0.6) is 23.0 Å². The highest BCUT2D eigenvalue weighted by Crippen LogP contribution is 2.41. The van der Waals surface area contributed by atoms with Crippen LogP contribution in [-0.2, 0) is 9.47 Å². The third kappa shape index (κ3) is 5.27. The lowest BCUT2D eigenvalue weighted by Crippen LogP contribution is -2.21. The Bertz CT molecular complexity index is 911. The monoisotopic (exact) mass is 429 g/mol. The van der Waals surface area contributed by atoms with E-state index in [1.165, 1.54) is 7.11 Å². The van der Waals surface area contributed by atoms with Crippen molar-refractivity contribution < 1.29 is 28.4 Å². The summed E-state index contributed by atoms with van der Waals surface area (Å²) >= 11 is 0. The number of ether oxygens (including phenoxy) is 6. The molecule has 1 atom stereocenters. The normalized spacial score (nSPS) is 16.4. The van der Waals surface area contributed by atoms with Gasteiger partial charge < -0.3 is 28.4 Å². The van der Waals surface area contributed by atoms with E-state index in [0.29, 0.717) is 40.9 Å². The molecule has 2 aromatic rings. The van der Waals surface area contributed by atoms with Crippen molar-refractivity contribution in [1.29, 1.82) is 0 Å². The maximum Gasteiger partial charge on any atom is 0.203 e. The number of nitroso groups, excluding NO2 is 1. The van der Waals surface area contributed by atoms with Crippen molar-refractivity contribution >= 4 is 17.5 Å². The second-order valence-corrected chi connectivity index (χ2v) is 6.86. The van der Waals surface area contributed by atoms with Crippen LogP contribution in [0.15, 0.2) is 35.5 Å². The summed E-state index contributed by atoms with van der Waals surface area (Å²) in [5.74, 6) is 2.42. The van der Waals surface area contributed by atoms with Crippen molar-refractivity contribution in [3.63, 3.8) is 0 Å². The molecule has 0 aliphatic carbocycles. The maximum absolute atomic E-state index is 11.2. The predicted octanol–water partition coefficient (Wildman–Crippen LogP) is 5.16. The Kier molecular flexibility index (Phi) is 7.72. The van der Waals surface area contributed by atoms with E-state index in [1.807, 2.05) is 12.1 Å². The zero-order valence-corrected chi connectivity index (χ0v) is 18.2. The molecule has 3 rings (SSSR count). The minimum Gasteiger partial charge on any atom is -0.494 e. The molecule has 1 aliphatic heterocycles. The molecule has 0 N–H and O–H groups in total. The standard InChI is InChI=1S/C23H27NO7/c1-26-18-9-8-15(11-17(18)24-25)12-19(31-22-7-5-6-10-30-22)16-13-20(27-2)23(29-4)21(14-16)28-3/h8-9,11-14,22H,5-7,10H2,1-4H3. The molecule has 1 saturated heterocycles. The lowest BCUT2D eigenvalue weighted by Gasteiger charge is -2.25. The summed E-state index contributed by atoms with van der Waals surface area (Å²) in [6.45, 7) is 0.648. The van der Waals surface area contributed by atoms with Crippen molar-refractivity contribution in [3.8, 4) is 23.0 Å². The van der Waals surface area contributed by atoms with E-state index in [-0.39, 0.29) is 12.0 Å². The number of rotatable bonds is 9. The lowest BCUT2D eigenvalue weighted by molar-refractivity contribution is -0.120. The van der Waals surface area contributed by atoms with E-state index < -0.39 is 0 Å². The fourth-order valence-corrected chi connectivity index (χ4v) is 3.37. The van der Waals surface area contributed by atoms with Crippen molar-refractivity contribution in [2.45, 2.75) is 25.6 Å². The van der Waals surface area contributed by atoms with Crippen molar-refractivity contribution in [2.24, 2.45) is 5.18 Å². The van der Waals surface area contributed by atoms with Crippen LogP contribution in [-0.4, -0.2) is 41.3 Å². The van der Waals surface area contributed by atoms with E-state index in [1.54, 1.807) is 45.6 Å². The first-order valence-electron chi connectivity index (χ1n) is 9.95. The van der Waals surface area contributed by atoms with Gasteiger partial charge in [0.15, 0.2) is 17.8 Å². The molecule has 0 radical (unpaired) electrons. The molecule has 0 amide bonds. The van der Waals surface area contributed by atoms with Crippen molar-refractivity contribution in [3.05, 3.63) is 46.4 Å². The molecule has 8 heteroatoms. The van der Waals surface area contributed by atoms with E-state index >= 15 is 0 Å². The molecule has 0 bridgehead atoms. The van der Waals surface area contributed by atoms with Crippen LogP contribution in [0.2, 0.25) is 0 Å². The average Bonchev–Trinajstić information content (AvgIpc) is 2.83. The Hall–Kier alpha value is -3.26. The molecule has 2 aromatic carbocycles. The van der Waals surface area contributed by atoms with Crippen LogP contribution >= 0.6 is 0 Å². The molecule has 1 fully saturated rings. The van der Waals surface area contributed by atoms with E-state index in [0.717, 1.165) is 24.8 Å². The molecule has 1 heterocycles. The molecule has 31 heavy (non-hydrogen) atoms. The highest BCUT2D eigenvalue weighted by atomic mass is 16.7. The molecule has 8 nitrogen and oxygen atoms in total. The molecule has 0 spiro atoms. The third-order valence-electron chi connectivity index (χ3n) is 4.94. The van der Waals surface area contributed by atoms with Gasteiger partial charge in [0.05, 0.1) is 35.0 Å². The SMILES string of the molecule is COc1ccc(C=C(OC2CCCCO2)c2cc(OC)c(OC)c(OC)c2)cc1N=O. The van der Waals surface area contributed by atoms with Gasteiger partial charge in [-0.1, -0.05) is 6.07 Å². The first-order valence-corrected chi connectivity index (χ1v) is 9.95. The van der Waals surface area contributed by atoms with Crippen LogP contribution in [0.25, 0.3) is 11.8 Å². The summed E-state index contributed by atoms with van der Waals surface area (Å²) in [5, 5.41) is 3.05. The van der Waals surface area contributed by atoms with Gasteiger partial charge in [0.1, 0.15) is 17.2 Å². The van der Waals surface area contributed by atoms with E-state index in [4.69, 9.17) is 28.4 Å². The first kappa shape index (κ1) is 22.4. The van der Waals surface area contributed by atoms with Gasteiger partial charge in [0.25, 0.3) is 0 Å². The van der Waals surface area contributed by atoms with Crippen LogP contribution in [0.1, 0.15) is 30.4 Å². The fraction of sp³-hybridized carbons (Fsp3) is 0.391. The van der Waals surface area contributed by atoms with E-state index in [2.05, 4.69) is 5.18 Å². The Morgan fingerprint density at radius 3 is 2.23 bits per heavy atom. The molecular weight excluding hydrogens is 402 g/mol. The summed E-state index contributed by atoms with van der Waals surface area (Å²) in [6, 6.07) is 8.74. The summed E-state index contributed by atoms with van der Waals surface area (Å²) in [5.41, 5.74) is 1.63. The minimum absolute atomic E-state index is 0.203. The molecule has 1 unspecified atom stereocenters. The number of hydrogen-bond acceptors (Lipinski definition) is 8. The number of methoxy groups -OCH3 is 4. The summed E-state index contributed by atoms with van der Waals surface area (Å²) in [4.78, 5) is 11.2. The predicted molar refractivity (Wildman–Crippen MR) is 117 cm³/mol.